The number of nitrogen functional groups attached to an aromatic ring is 1. The molecular formula is C10H8BrF2N5O2S. The Morgan fingerprint density at radius 2 is 1.81 bits per heavy atom. The average molecular weight is 380 g/mol. The molecule has 0 aliphatic rings. The van der Waals surface area contributed by atoms with Crippen LogP contribution in [0.25, 0.3) is 0 Å². The second-order valence-corrected chi connectivity index (χ2v) is 6.27. The molecule has 0 saturated heterocycles. The molecule has 0 unspecified atom stereocenters. The van der Waals surface area contributed by atoms with E-state index in [1.165, 1.54) is 0 Å². The minimum atomic E-state index is -4.13. The zero-order valence-electron chi connectivity index (χ0n) is 10.1. The maximum Gasteiger partial charge on any atom is 0.265 e. The van der Waals surface area contributed by atoms with Gasteiger partial charge in [0.25, 0.3) is 10.0 Å². The predicted molar refractivity (Wildman–Crippen MR) is 74.7 cm³/mol. The zero-order chi connectivity index (χ0) is 15.6. The van der Waals surface area contributed by atoms with Gasteiger partial charge in [0.15, 0.2) is 5.82 Å². The Morgan fingerprint density at radius 3 is 2.33 bits per heavy atom. The Hall–Kier alpha value is -1.85. The molecule has 0 saturated carbocycles. The molecule has 2 aromatic rings. The number of nitrogens with zero attached hydrogens (tertiary/aromatic N) is 2. The van der Waals surface area contributed by atoms with Crippen molar-refractivity contribution >= 4 is 37.6 Å². The van der Waals surface area contributed by atoms with Crippen molar-refractivity contribution in [2.24, 2.45) is 5.84 Å². The monoisotopic (exact) mass is 379 g/mol. The van der Waals surface area contributed by atoms with E-state index < -0.39 is 27.3 Å². The summed E-state index contributed by atoms with van der Waals surface area (Å²) in [6.07, 6.45) is 1.97. The number of sulfonamides is 1. The number of benzene rings is 1. The molecule has 112 valence electrons. The SMILES string of the molecule is NNc1ncc(S(=O)(=O)Nc2c(F)cc(F)cc2Br)cn1. The van der Waals surface area contributed by atoms with E-state index in [2.05, 4.69) is 31.3 Å². The number of rotatable bonds is 4. The van der Waals surface area contributed by atoms with Crippen LogP contribution in [0.4, 0.5) is 20.4 Å². The Morgan fingerprint density at radius 1 is 1.19 bits per heavy atom. The van der Waals surface area contributed by atoms with Gasteiger partial charge in [0, 0.05) is 10.5 Å². The molecule has 0 spiro atoms. The lowest BCUT2D eigenvalue weighted by Crippen LogP contribution is -2.16. The molecule has 11 heteroatoms. The molecule has 4 N–H and O–H groups in total. The Bertz CT molecular complexity index is 747. The van der Waals surface area contributed by atoms with E-state index in [1.54, 1.807) is 0 Å². The van der Waals surface area contributed by atoms with Gasteiger partial charge in [0.2, 0.25) is 5.95 Å². The van der Waals surface area contributed by atoms with Crippen molar-refractivity contribution in [1.29, 1.82) is 0 Å². The normalized spacial score (nSPS) is 11.2. The first-order chi connectivity index (χ1) is 9.83. The van der Waals surface area contributed by atoms with Gasteiger partial charge in [-0.25, -0.2) is 33.0 Å². The van der Waals surface area contributed by atoms with E-state index in [1.807, 2.05) is 4.72 Å². The van der Waals surface area contributed by atoms with Crippen molar-refractivity contribution in [3.05, 3.63) is 40.6 Å². The van der Waals surface area contributed by atoms with Crippen molar-refractivity contribution in [2.75, 3.05) is 10.1 Å². The largest absolute Gasteiger partial charge is 0.292 e. The molecule has 0 radical (unpaired) electrons. The van der Waals surface area contributed by atoms with Crippen LogP contribution in [0.2, 0.25) is 0 Å². The summed E-state index contributed by atoms with van der Waals surface area (Å²) in [7, 11) is -4.13. The number of anilines is 2. The van der Waals surface area contributed by atoms with Gasteiger partial charge in [-0.15, -0.1) is 0 Å². The number of nitrogens with one attached hydrogen (secondary N) is 2. The molecular weight excluding hydrogens is 372 g/mol. The number of hydrogen-bond acceptors (Lipinski definition) is 6. The molecule has 0 amide bonds. The first-order valence-corrected chi connectivity index (χ1v) is 7.57. The van der Waals surface area contributed by atoms with Crippen molar-refractivity contribution < 1.29 is 17.2 Å². The minimum Gasteiger partial charge on any atom is -0.292 e. The fourth-order valence-electron chi connectivity index (χ4n) is 1.36. The lowest BCUT2D eigenvalue weighted by molar-refractivity contribution is 0.581. The van der Waals surface area contributed by atoms with Crippen molar-refractivity contribution in [3.8, 4) is 0 Å². The Kier molecular flexibility index (Phi) is 4.34. The number of nitrogens with two attached hydrogens (primary N) is 1. The Balaban J connectivity index is 2.37. The van der Waals surface area contributed by atoms with E-state index in [0.717, 1.165) is 18.5 Å². The number of halogens is 3. The summed E-state index contributed by atoms with van der Waals surface area (Å²) in [5, 5.41) is 0. The Labute approximate surface area is 126 Å². The summed E-state index contributed by atoms with van der Waals surface area (Å²) in [6.45, 7) is 0. The predicted octanol–water partition coefficient (Wildman–Crippen LogP) is 1.60. The lowest BCUT2D eigenvalue weighted by Gasteiger charge is -2.10. The summed E-state index contributed by atoms with van der Waals surface area (Å²) in [5.41, 5.74) is 1.71. The highest BCUT2D eigenvalue weighted by atomic mass is 79.9. The summed E-state index contributed by atoms with van der Waals surface area (Å²) >= 11 is 2.88. The van der Waals surface area contributed by atoms with Gasteiger partial charge in [-0.1, -0.05) is 0 Å². The summed E-state index contributed by atoms with van der Waals surface area (Å²) < 4.78 is 52.6. The van der Waals surface area contributed by atoms with E-state index in [-0.39, 0.29) is 15.3 Å². The molecule has 1 heterocycles. The second-order valence-electron chi connectivity index (χ2n) is 3.74. The summed E-state index contributed by atoms with van der Waals surface area (Å²) in [5.74, 6) is 3.16. The standard InChI is InChI=1S/C10H8BrF2N5O2S/c11-7-1-5(12)2-8(13)9(7)18-21(19,20)6-3-15-10(17-14)16-4-6/h1-4,18H,14H2,(H,15,16,17). The van der Waals surface area contributed by atoms with Crippen molar-refractivity contribution in [2.45, 2.75) is 4.90 Å². The van der Waals surface area contributed by atoms with Crippen LogP contribution < -0.4 is 16.0 Å². The maximum atomic E-state index is 13.6. The highest BCUT2D eigenvalue weighted by molar-refractivity contribution is 9.10. The van der Waals surface area contributed by atoms with Crippen LogP contribution in [0.1, 0.15) is 0 Å². The third-order valence-electron chi connectivity index (χ3n) is 2.31. The van der Waals surface area contributed by atoms with Crippen molar-refractivity contribution in [3.63, 3.8) is 0 Å². The van der Waals surface area contributed by atoms with E-state index in [0.29, 0.717) is 6.07 Å². The smallest absolute Gasteiger partial charge is 0.265 e. The van der Waals surface area contributed by atoms with Gasteiger partial charge >= 0.3 is 0 Å². The molecule has 0 fully saturated rings. The van der Waals surface area contributed by atoms with Crippen LogP contribution >= 0.6 is 15.9 Å². The topological polar surface area (TPSA) is 110 Å². The molecule has 1 aromatic carbocycles. The van der Waals surface area contributed by atoms with E-state index in [9.17, 15) is 17.2 Å². The molecule has 21 heavy (non-hydrogen) atoms. The van der Waals surface area contributed by atoms with Crippen LogP contribution in [0.3, 0.4) is 0 Å². The molecule has 7 nitrogen and oxygen atoms in total. The summed E-state index contributed by atoms with van der Waals surface area (Å²) in [4.78, 5) is 6.96. The zero-order valence-corrected chi connectivity index (χ0v) is 12.5. The number of hydrazine groups is 1. The van der Waals surface area contributed by atoms with Gasteiger partial charge < -0.3 is 0 Å². The van der Waals surface area contributed by atoms with Gasteiger partial charge in [-0.3, -0.25) is 10.1 Å². The first-order valence-electron chi connectivity index (χ1n) is 5.29. The minimum absolute atomic E-state index is 0.0168. The van der Waals surface area contributed by atoms with Crippen molar-refractivity contribution in [1.82, 2.24) is 9.97 Å². The molecule has 1 aromatic heterocycles. The molecule has 0 aliphatic heterocycles. The third-order valence-corrected chi connectivity index (χ3v) is 4.24. The van der Waals surface area contributed by atoms with Gasteiger partial charge in [-0.05, 0) is 22.0 Å². The van der Waals surface area contributed by atoms with Crippen LogP contribution in [0.5, 0.6) is 0 Å². The fraction of sp³-hybridized carbons (Fsp3) is 0. The molecule has 0 aliphatic carbocycles. The van der Waals surface area contributed by atoms with Crippen LogP contribution in [-0.4, -0.2) is 18.4 Å². The maximum absolute atomic E-state index is 13.6. The summed E-state index contributed by atoms with van der Waals surface area (Å²) in [6, 6.07) is 1.49. The lowest BCUT2D eigenvalue weighted by atomic mass is 10.3. The van der Waals surface area contributed by atoms with Gasteiger partial charge in [-0.2, -0.15) is 0 Å². The second kappa shape index (κ2) is 5.87. The van der Waals surface area contributed by atoms with E-state index >= 15 is 0 Å². The molecule has 0 atom stereocenters. The molecule has 0 bridgehead atoms. The number of aromatic nitrogens is 2. The van der Waals surface area contributed by atoms with Gasteiger partial charge in [0.05, 0.1) is 18.1 Å². The van der Waals surface area contributed by atoms with Crippen LogP contribution in [0, 0.1) is 11.6 Å². The molecule has 2 rings (SSSR count). The average Bonchev–Trinajstić information content (AvgIpc) is 2.43. The van der Waals surface area contributed by atoms with Crippen LogP contribution in [0.15, 0.2) is 33.9 Å². The highest BCUT2D eigenvalue weighted by Crippen LogP contribution is 2.28. The van der Waals surface area contributed by atoms with Crippen LogP contribution in [-0.2, 0) is 10.0 Å². The quantitative estimate of drug-likeness (QED) is 0.549. The third kappa shape index (κ3) is 3.43. The highest BCUT2D eigenvalue weighted by Gasteiger charge is 2.20. The fourth-order valence-corrected chi connectivity index (χ4v) is 2.98. The number of hydrogen-bond donors (Lipinski definition) is 3. The first kappa shape index (κ1) is 15.5. The van der Waals surface area contributed by atoms with E-state index in [4.69, 9.17) is 5.84 Å². The van der Waals surface area contributed by atoms with Gasteiger partial charge in [0.1, 0.15) is 10.7 Å².